The number of hydrogen-bond acceptors (Lipinski definition) is 4. The molecule has 0 aliphatic carbocycles. The van der Waals surface area contributed by atoms with Gasteiger partial charge in [0.25, 0.3) is 0 Å². The molecule has 104 valence electrons. The third-order valence-corrected chi connectivity index (χ3v) is 1.73. The highest BCUT2D eigenvalue weighted by Gasteiger charge is 2.06. The highest BCUT2D eigenvalue weighted by molar-refractivity contribution is 5.94. The highest BCUT2D eigenvalue weighted by Crippen LogP contribution is 1.83. The van der Waals surface area contributed by atoms with E-state index in [-0.39, 0.29) is 6.54 Å². The van der Waals surface area contributed by atoms with Crippen LogP contribution in [-0.4, -0.2) is 46.6 Å². The van der Waals surface area contributed by atoms with Gasteiger partial charge in [-0.05, 0) is 6.92 Å². The smallest absolute Gasteiger partial charge is 0.328 e. The number of nitrogens with one attached hydrogen (secondary N) is 2. The van der Waals surface area contributed by atoms with Crippen LogP contribution in [0.4, 0.5) is 0 Å². The zero-order valence-electron chi connectivity index (χ0n) is 10.1. The van der Waals surface area contributed by atoms with Gasteiger partial charge in [0.1, 0.15) is 0 Å². The second kappa shape index (κ2) is 8.45. The molecule has 0 rings (SSSR count). The van der Waals surface area contributed by atoms with E-state index in [2.05, 4.69) is 10.6 Å². The first-order valence-electron chi connectivity index (χ1n) is 5.21. The van der Waals surface area contributed by atoms with Crippen molar-refractivity contribution in [3.05, 3.63) is 24.3 Å². The van der Waals surface area contributed by atoms with Gasteiger partial charge in [-0.1, -0.05) is 0 Å². The molecule has 0 spiro atoms. The number of carbonyl (C=O) groups excluding carboxylic acids is 2. The fourth-order valence-corrected chi connectivity index (χ4v) is 0.949. The lowest BCUT2D eigenvalue weighted by atomic mass is 10.3. The number of carboxylic acid groups (broad SMARTS) is 2. The van der Waals surface area contributed by atoms with E-state index in [1.54, 1.807) is 6.92 Å². The molecule has 1 atom stereocenters. The molecule has 8 heteroatoms. The summed E-state index contributed by atoms with van der Waals surface area (Å²) >= 11 is 0. The van der Waals surface area contributed by atoms with Gasteiger partial charge in [0.05, 0.1) is 0 Å². The molecule has 19 heavy (non-hydrogen) atoms. The first-order chi connectivity index (χ1) is 8.81. The maximum Gasteiger partial charge on any atom is 0.328 e. The summed E-state index contributed by atoms with van der Waals surface area (Å²) in [5, 5.41) is 21.4. The molecule has 0 heterocycles. The van der Waals surface area contributed by atoms with Gasteiger partial charge >= 0.3 is 11.9 Å². The average molecular weight is 270 g/mol. The summed E-state index contributed by atoms with van der Waals surface area (Å²) in [6, 6.07) is -0.437. The van der Waals surface area contributed by atoms with Crippen molar-refractivity contribution in [2.45, 2.75) is 13.0 Å². The Kier molecular flexibility index (Phi) is 7.28. The summed E-state index contributed by atoms with van der Waals surface area (Å²) < 4.78 is 0. The monoisotopic (exact) mass is 270 g/mol. The Morgan fingerprint density at radius 1 is 0.947 bits per heavy atom. The number of carboxylic acids is 2. The third-order valence-electron chi connectivity index (χ3n) is 1.73. The fraction of sp³-hybridized carbons (Fsp3) is 0.273. The van der Waals surface area contributed by atoms with E-state index >= 15 is 0 Å². The van der Waals surface area contributed by atoms with Crippen molar-refractivity contribution in [3.63, 3.8) is 0 Å². The van der Waals surface area contributed by atoms with Crippen LogP contribution in [0.2, 0.25) is 0 Å². The average Bonchev–Trinajstić information content (AvgIpc) is 2.31. The predicted molar refractivity (Wildman–Crippen MR) is 64.2 cm³/mol. The lowest BCUT2D eigenvalue weighted by molar-refractivity contribution is -0.132. The molecule has 8 nitrogen and oxygen atoms in total. The lowest BCUT2D eigenvalue weighted by Crippen LogP contribution is -2.40. The third kappa shape index (κ3) is 10.2. The van der Waals surface area contributed by atoms with E-state index in [1.165, 1.54) is 0 Å². The second-order valence-corrected chi connectivity index (χ2v) is 3.50. The topological polar surface area (TPSA) is 133 Å². The molecule has 0 aromatic rings. The van der Waals surface area contributed by atoms with Crippen LogP contribution in [-0.2, 0) is 19.2 Å². The van der Waals surface area contributed by atoms with Crippen LogP contribution >= 0.6 is 0 Å². The summed E-state index contributed by atoms with van der Waals surface area (Å²) in [7, 11) is 0. The molecule has 0 aliphatic heterocycles. The fourth-order valence-electron chi connectivity index (χ4n) is 0.949. The molecule has 1 unspecified atom stereocenters. The zero-order chi connectivity index (χ0) is 14.8. The number of carbonyl (C=O) groups is 4. The van der Waals surface area contributed by atoms with E-state index in [0.29, 0.717) is 12.2 Å². The van der Waals surface area contributed by atoms with Crippen LogP contribution in [0.15, 0.2) is 24.3 Å². The Morgan fingerprint density at radius 3 is 1.89 bits per heavy atom. The molecule has 0 aromatic carbocycles. The first kappa shape index (κ1) is 16.4. The van der Waals surface area contributed by atoms with Gasteiger partial charge in [0.2, 0.25) is 11.8 Å². The number of hydrogen-bond donors (Lipinski definition) is 4. The zero-order valence-corrected chi connectivity index (χ0v) is 10.1. The van der Waals surface area contributed by atoms with Crippen molar-refractivity contribution in [2.24, 2.45) is 0 Å². The molecule has 0 bridgehead atoms. The van der Waals surface area contributed by atoms with Crippen molar-refractivity contribution in [2.75, 3.05) is 6.54 Å². The maximum absolute atomic E-state index is 11.2. The molecule has 4 N–H and O–H groups in total. The van der Waals surface area contributed by atoms with Gasteiger partial charge in [-0.25, -0.2) is 9.59 Å². The second-order valence-electron chi connectivity index (χ2n) is 3.50. The van der Waals surface area contributed by atoms with E-state index in [4.69, 9.17) is 10.2 Å². The number of rotatable bonds is 7. The molecule has 0 aromatic heterocycles. The Labute approximate surface area is 108 Å². The standard InChI is InChI=1S/C11H14N2O6/c1-7(13-9(15)3-5-11(18)19)6-12-8(14)2-4-10(16)17/h2-5,7H,6H2,1H3,(H,12,14)(H,13,15)(H,16,17)(H,18,19). The van der Waals surface area contributed by atoms with Gasteiger partial charge in [-0.15, -0.1) is 0 Å². The molecule has 0 aliphatic rings. The summed E-state index contributed by atoms with van der Waals surface area (Å²) in [5.41, 5.74) is 0. The van der Waals surface area contributed by atoms with Crippen molar-refractivity contribution >= 4 is 23.8 Å². The summed E-state index contributed by atoms with van der Waals surface area (Å²) in [5.74, 6) is -3.69. The Morgan fingerprint density at radius 2 is 1.42 bits per heavy atom. The van der Waals surface area contributed by atoms with E-state index in [9.17, 15) is 19.2 Å². The molecule has 0 radical (unpaired) electrons. The van der Waals surface area contributed by atoms with Crippen molar-refractivity contribution < 1.29 is 29.4 Å². The SMILES string of the molecule is CC(CNC(=O)C=CC(=O)O)NC(=O)C=CC(=O)O. The Bertz CT molecular complexity index is 427. The molecule has 0 fully saturated rings. The van der Waals surface area contributed by atoms with Crippen molar-refractivity contribution in [1.82, 2.24) is 10.6 Å². The number of amides is 2. The maximum atomic E-state index is 11.2. The minimum atomic E-state index is -1.24. The lowest BCUT2D eigenvalue weighted by Gasteiger charge is -2.12. The van der Waals surface area contributed by atoms with Crippen molar-refractivity contribution in [1.29, 1.82) is 0 Å². The largest absolute Gasteiger partial charge is 0.478 e. The minimum absolute atomic E-state index is 0.0788. The van der Waals surface area contributed by atoms with Gasteiger partial charge in [0.15, 0.2) is 0 Å². The van der Waals surface area contributed by atoms with E-state index < -0.39 is 29.8 Å². The molecule has 0 saturated carbocycles. The summed E-state index contributed by atoms with van der Waals surface area (Å²) in [4.78, 5) is 42.5. The molecular weight excluding hydrogens is 256 g/mol. The number of aliphatic carboxylic acids is 2. The summed E-state index contributed by atoms with van der Waals surface area (Å²) in [6.07, 6.45) is 3.08. The van der Waals surface area contributed by atoms with Crippen LogP contribution in [0.5, 0.6) is 0 Å². The van der Waals surface area contributed by atoms with Crippen LogP contribution in [0.25, 0.3) is 0 Å². The van der Waals surface area contributed by atoms with Crippen LogP contribution in [0, 0.1) is 0 Å². The quantitative estimate of drug-likeness (QED) is 0.433. The predicted octanol–water partition coefficient (Wildman–Crippen LogP) is -1.11. The normalized spacial score (nSPS) is 12.3. The van der Waals surface area contributed by atoms with Crippen LogP contribution < -0.4 is 10.6 Å². The first-order valence-corrected chi connectivity index (χ1v) is 5.21. The van der Waals surface area contributed by atoms with Crippen molar-refractivity contribution in [3.8, 4) is 0 Å². The summed E-state index contributed by atoms with van der Waals surface area (Å²) in [6.45, 7) is 1.67. The minimum Gasteiger partial charge on any atom is -0.478 e. The molecule has 0 saturated heterocycles. The molecular formula is C11H14N2O6. The van der Waals surface area contributed by atoms with Gasteiger partial charge in [0, 0.05) is 36.9 Å². The molecule has 2 amide bonds. The van der Waals surface area contributed by atoms with Crippen LogP contribution in [0.1, 0.15) is 6.92 Å². The van der Waals surface area contributed by atoms with Crippen LogP contribution in [0.3, 0.4) is 0 Å². The Hall–Kier alpha value is -2.64. The van der Waals surface area contributed by atoms with Gasteiger partial charge < -0.3 is 20.8 Å². The highest BCUT2D eigenvalue weighted by atomic mass is 16.4. The van der Waals surface area contributed by atoms with Gasteiger partial charge in [-0.3, -0.25) is 9.59 Å². The van der Waals surface area contributed by atoms with E-state index in [1.807, 2.05) is 0 Å². The van der Waals surface area contributed by atoms with E-state index in [0.717, 1.165) is 12.2 Å². The van der Waals surface area contributed by atoms with Gasteiger partial charge in [-0.2, -0.15) is 0 Å². The Balaban J connectivity index is 4.02.